The van der Waals surface area contributed by atoms with Gasteiger partial charge in [0.1, 0.15) is 17.2 Å². The van der Waals surface area contributed by atoms with Crippen molar-refractivity contribution >= 4 is 22.6 Å². The molecule has 3 aromatic rings. The number of methoxy groups -OCH3 is 1. The second-order valence-electron chi connectivity index (χ2n) is 4.28. The lowest BCUT2D eigenvalue weighted by molar-refractivity contribution is 0.414. The highest BCUT2D eigenvalue weighted by Gasteiger charge is 2.15. The molecule has 0 amide bonds. The van der Waals surface area contributed by atoms with Crippen LogP contribution in [0.3, 0.4) is 0 Å². The topological polar surface area (TPSA) is 52.8 Å². The number of benzene rings is 1. The molecule has 5 nitrogen and oxygen atoms in total. The van der Waals surface area contributed by atoms with E-state index in [-0.39, 0.29) is 0 Å². The first-order valence-corrected chi connectivity index (χ1v) is 6.65. The molecule has 2 aromatic heterocycles. The summed E-state index contributed by atoms with van der Waals surface area (Å²) in [7, 11) is 1.64. The minimum Gasteiger partial charge on any atom is -0.497 e. The lowest BCUT2D eigenvalue weighted by Gasteiger charge is -2.05. The number of halogens is 1. The fourth-order valence-corrected chi connectivity index (χ4v) is 2.39. The molecule has 0 N–H and O–H groups in total. The van der Waals surface area contributed by atoms with Crippen molar-refractivity contribution in [2.75, 3.05) is 7.11 Å². The second-order valence-corrected chi connectivity index (χ2v) is 4.63. The first kappa shape index (κ1) is 12.9. The molecule has 0 saturated heterocycles. The van der Waals surface area contributed by atoms with Crippen molar-refractivity contribution in [3.8, 4) is 11.4 Å². The van der Waals surface area contributed by atoms with Gasteiger partial charge in [-0.25, -0.2) is 14.6 Å². The van der Waals surface area contributed by atoms with E-state index in [0.29, 0.717) is 10.8 Å². The van der Waals surface area contributed by atoms with Crippen LogP contribution >= 0.6 is 11.6 Å². The average Bonchev–Trinajstić information content (AvgIpc) is 2.87. The Hall–Kier alpha value is -2.14. The Morgan fingerprint density at radius 2 is 2.15 bits per heavy atom. The molecule has 6 heteroatoms. The zero-order valence-corrected chi connectivity index (χ0v) is 11.9. The first-order valence-electron chi connectivity index (χ1n) is 6.27. The number of ether oxygens (including phenoxy) is 1. The molecule has 20 heavy (non-hydrogen) atoms. The van der Waals surface area contributed by atoms with Gasteiger partial charge < -0.3 is 4.74 Å². The van der Waals surface area contributed by atoms with Crippen molar-refractivity contribution in [1.82, 2.24) is 19.7 Å². The molecule has 0 atom stereocenters. The van der Waals surface area contributed by atoms with E-state index < -0.39 is 0 Å². The SMILES string of the molecule is CCc1nn(-c2cccc(OC)c2)c2ncnc(Cl)c12. The highest BCUT2D eigenvalue weighted by Crippen LogP contribution is 2.26. The average molecular weight is 289 g/mol. The first-order chi connectivity index (χ1) is 9.74. The summed E-state index contributed by atoms with van der Waals surface area (Å²) in [5.74, 6) is 0.768. The number of hydrogen-bond donors (Lipinski definition) is 0. The van der Waals surface area contributed by atoms with E-state index in [4.69, 9.17) is 16.3 Å². The third kappa shape index (κ3) is 2.00. The van der Waals surface area contributed by atoms with Gasteiger partial charge in [-0.1, -0.05) is 24.6 Å². The van der Waals surface area contributed by atoms with Gasteiger partial charge in [0.25, 0.3) is 0 Å². The largest absolute Gasteiger partial charge is 0.497 e. The lowest BCUT2D eigenvalue weighted by Crippen LogP contribution is -1.98. The van der Waals surface area contributed by atoms with Gasteiger partial charge in [-0.2, -0.15) is 5.10 Å². The highest BCUT2D eigenvalue weighted by molar-refractivity contribution is 6.34. The number of aryl methyl sites for hydroxylation is 1. The van der Waals surface area contributed by atoms with E-state index in [1.807, 2.05) is 31.2 Å². The standard InChI is InChI=1S/C14H13ClN4O/c1-3-11-12-13(15)16-8-17-14(12)19(18-11)9-5-4-6-10(7-9)20-2/h4-8H,3H2,1-2H3. The molecular formula is C14H13ClN4O. The van der Waals surface area contributed by atoms with Crippen LogP contribution in [0.1, 0.15) is 12.6 Å². The summed E-state index contributed by atoms with van der Waals surface area (Å²) >= 11 is 6.17. The molecule has 3 rings (SSSR count). The summed E-state index contributed by atoms with van der Waals surface area (Å²) in [5, 5.41) is 5.83. The van der Waals surface area contributed by atoms with Gasteiger partial charge in [0.05, 0.1) is 23.9 Å². The number of nitrogens with zero attached hydrogens (tertiary/aromatic N) is 4. The van der Waals surface area contributed by atoms with Crippen molar-refractivity contribution in [3.05, 3.63) is 41.4 Å². The maximum absolute atomic E-state index is 6.17. The molecule has 0 unspecified atom stereocenters. The molecule has 0 aliphatic carbocycles. The fourth-order valence-electron chi connectivity index (χ4n) is 2.15. The van der Waals surface area contributed by atoms with Crippen molar-refractivity contribution < 1.29 is 4.74 Å². The quantitative estimate of drug-likeness (QED) is 0.695. The smallest absolute Gasteiger partial charge is 0.168 e. The molecule has 2 heterocycles. The summed E-state index contributed by atoms with van der Waals surface area (Å²) in [6.07, 6.45) is 2.21. The maximum Gasteiger partial charge on any atom is 0.168 e. The van der Waals surface area contributed by atoms with Crippen LogP contribution in [0.4, 0.5) is 0 Å². The zero-order chi connectivity index (χ0) is 14.1. The maximum atomic E-state index is 6.17. The van der Waals surface area contributed by atoms with Gasteiger partial charge in [-0.05, 0) is 18.6 Å². The minimum atomic E-state index is 0.431. The molecule has 0 bridgehead atoms. The zero-order valence-electron chi connectivity index (χ0n) is 11.2. The lowest BCUT2D eigenvalue weighted by atomic mass is 10.2. The van der Waals surface area contributed by atoms with E-state index in [2.05, 4.69) is 15.1 Å². The van der Waals surface area contributed by atoms with Crippen molar-refractivity contribution in [2.45, 2.75) is 13.3 Å². The predicted molar refractivity (Wildman–Crippen MR) is 77.6 cm³/mol. The number of fused-ring (bicyclic) bond motifs is 1. The van der Waals surface area contributed by atoms with Gasteiger partial charge in [-0.15, -0.1) is 0 Å². The summed E-state index contributed by atoms with van der Waals surface area (Å²) in [6, 6.07) is 7.65. The molecule has 0 aliphatic heterocycles. The van der Waals surface area contributed by atoms with E-state index >= 15 is 0 Å². The molecule has 0 aliphatic rings. The number of aromatic nitrogens is 4. The summed E-state index contributed by atoms with van der Waals surface area (Å²) in [5.41, 5.74) is 2.47. The normalized spacial score (nSPS) is 10.9. The van der Waals surface area contributed by atoms with Crippen LogP contribution in [0.5, 0.6) is 5.75 Å². The van der Waals surface area contributed by atoms with Crippen LogP contribution in [0.15, 0.2) is 30.6 Å². The Morgan fingerprint density at radius 3 is 2.90 bits per heavy atom. The molecule has 0 saturated carbocycles. The van der Waals surface area contributed by atoms with Crippen LogP contribution in [-0.4, -0.2) is 26.9 Å². The predicted octanol–water partition coefficient (Wildman–Crippen LogP) is 3.04. The summed E-state index contributed by atoms with van der Waals surface area (Å²) < 4.78 is 7.01. The van der Waals surface area contributed by atoms with E-state index in [1.54, 1.807) is 11.8 Å². The fraction of sp³-hybridized carbons (Fsp3) is 0.214. The van der Waals surface area contributed by atoms with Gasteiger partial charge in [0.2, 0.25) is 0 Å². The monoisotopic (exact) mass is 288 g/mol. The molecular weight excluding hydrogens is 276 g/mol. The molecule has 0 fully saturated rings. The third-order valence-corrected chi connectivity index (χ3v) is 3.41. The van der Waals surface area contributed by atoms with Crippen LogP contribution < -0.4 is 4.74 Å². The summed E-state index contributed by atoms with van der Waals surface area (Å²) in [4.78, 5) is 8.34. The number of rotatable bonds is 3. The molecule has 102 valence electrons. The molecule has 0 radical (unpaired) electrons. The molecule has 1 aromatic carbocycles. The van der Waals surface area contributed by atoms with Gasteiger partial charge in [0, 0.05) is 6.07 Å². The van der Waals surface area contributed by atoms with Crippen molar-refractivity contribution in [3.63, 3.8) is 0 Å². The van der Waals surface area contributed by atoms with Gasteiger partial charge in [-0.3, -0.25) is 0 Å². The van der Waals surface area contributed by atoms with Crippen LogP contribution in [-0.2, 0) is 6.42 Å². The minimum absolute atomic E-state index is 0.431. The van der Waals surface area contributed by atoms with Crippen LogP contribution in [0.25, 0.3) is 16.7 Å². The Kier molecular flexibility index (Phi) is 3.28. The third-order valence-electron chi connectivity index (χ3n) is 3.12. The highest BCUT2D eigenvalue weighted by atomic mass is 35.5. The molecule has 0 spiro atoms. The van der Waals surface area contributed by atoms with Gasteiger partial charge >= 0.3 is 0 Å². The Balaban J connectivity index is 2.28. The number of hydrogen-bond acceptors (Lipinski definition) is 4. The van der Waals surface area contributed by atoms with Crippen LogP contribution in [0, 0.1) is 0 Å². The van der Waals surface area contributed by atoms with E-state index in [1.165, 1.54) is 6.33 Å². The Labute approximate surface area is 121 Å². The summed E-state index contributed by atoms with van der Waals surface area (Å²) in [6.45, 7) is 2.03. The van der Waals surface area contributed by atoms with Gasteiger partial charge in [0.15, 0.2) is 5.65 Å². The second kappa shape index (κ2) is 5.09. The van der Waals surface area contributed by atoms with Crippen LogP contribution in [0.2, 0.25) is 5.15 Å². The van der Waals surface area contributed by atoms with E-state index in [9.17, 15) is 0 Å². The Bertz CT molecular complexity index is 769. The van der Waals surface area contributed by atoms with Crippen molar-refractivity contribution in [2.24, 2.45) is 0 Å². The van der Waals surface area contributed by atoms with Crippen molar-refractivity contribution in [1.29, 1.82) is 0 Å². The Morgan fingerprint density at radius 1 is 1.30 bits per heavy atom. The van der Waals surface area contributed by atoms with E-state index in [0.717, 1.165) is 28.9 Å².